The van der Waals surface area contributed by atoms with Crippen LogP contribution in [0, 0.1) is 0 Å². The molecule has 0 fully saturated rings. The molecular weight excluding hydrogens is 144 g/mol. The number of nitrogens with two attached hydrogens (primary N) is 1. The van der Waals surface area contributed by atoms with Gasteiger partial charge in [0, 0.05) is 12.6 Å². The van der Waals surface area contributed by atoms with Gasteiger partial charge in [0.2, 0.25) is 0 Å². The maximum absolute atomic E-state index is 10.7. The highest BCUT2D eigenvalue weighted by molar-refractivity contribution is 5.69. The smallest absolute Gasteiger partial charge is 0.307 e. The normalized spacial score (nSPS) is 12.6. The van der Waals surface area contributed by atoms with Crippen LogP contribution in [0.2, 0.25) is 0 Å². The fourth-order valence-corrected chi connectivity index (χ4v) is 0.699. The van der Waals surface area contributed by atoms with Crippen molar-refractivity contribution in [1.82, 2.24) is 5.32 Å². The zero-order valence-electron chi connectivity index (χ0n) is 7.09. The Labute approximate surface area is 67.1 Å². The number of ether oxygens (including phenoxy) is 1. The number of likely N-dealkylation sites (N-methyl/N-ethyl adjacent to an activating group) is 1. The number of carbonyl (C=O) groups excluding carboxylic acids is 1. The molecule has 4 heteroatoms. The summed E-state index contributed by atoms with van der Waals surface area (Å²) >= 11 is 0. The first-order chi connectivity index (χ1) is 5.20. The lowest BCUT2D eigenvalue weighted by atomic mass is 10.2. The summed E-state index contributed by atoms with van der Waals surface area (Å²) < 4.78 is 4.45. The molecule has 1 unspecified atom stereocenters. The van der Waals surface area contributed by atoms with E-state index in [1.807, 2.05) is 6.92 Å². The average Bonchev–Trinajstić information content (AvgIpc) is 2.00. The first kappa shape index (κ1) is 10.4. The number of rotatable bonds is 5. The molecule has 11 heavy (non-hydrogen) atoms. The maximum atomic E-state index is 10.7. The topological polar surface area (TPSA) is 64.3 Å². The van der Waals surface area contributed by atoms with Crippen molar-refractivity contribution in [3.63, 3.8) is 0 Å². The zero-order chi connectivity index (χ0) is 8.69. The van der Waals surface area contributed by atoms with Gasteiger partial charge < -0.3 is 15.8 Å². The van der Waals surface area contributed by atoms with Crippen molar-refractivity contribution >= 4 is 5.97 Å². The van der Waals surface area contributed by atoms with Crippen LogP contribution >= 0.6 is 0 Å². The Morgan fingerprint density at radius 3 is 2.82 bits per heavy atom. The van der Waals surface area contributed by atoms with Crippen molar-refractivity contribution in [3.8, 4) is 0 Å². The molecule has 0 aromatic heterocycles. The van der Waals surface area contributed by atoms with Gasteiger partial charge in [-0.15, -0.1) is 0 Å². The number of hydrogen-bond acceptors (Lipinski definition) is 4. The van der Waals surface area contributed by atoms with E-state index >= 15 is 0 Å². The summed E-state index contributed by atoms with van der Waals surface area (Å²) in [4.78, 5) is 10.7. The lowest BCUT2D eigenvalue weighted by molar-refractivity contribution is -0.140. The van der Waals surface area contributed by atoms with Crippen molar-refractivity contribution in [3.05, 3.63) is 0 Å². The minimum absolute atomic E-state index is 0.137. The molecule has 0 aliphatic carbocycles. The summed E-state index contributed by atoms with van der Waals surface area (Å²) in [6, 6.07) is -0.137. The van der Waals surface area contributed by atoms with Crippen LogP contribution in [0.5, 0.6) is 0 Å². The number of esters is 1. The van der Waals surface area contributed by atoms with Crippen LogP contribution in [0.25, 0.3) is 0 Å². The largest absolute Gasteiger partial charge is 0.469 e. The van der Waals surface area contributed by atoms with E-state index in [1.165, 1.54) is 7.11 Å². The summed E-state index contributed by atoms with van der Waals surface area (Å²) in [6.45, 7) is 3.52. The minimum Gasteiger partial charge on any atom is -0.469 e. The van der Waals surface area contributed by atoms with Gasteiger partial charge in [0.25, 0.3) is 0 Å². The summed E-state index contributed by atoms with van der Waals surface area (Å²) in [6.07, 6.45) is 0.281. The van der Waals surface area contributed by atoms with Gasteiger partial charge in [-0.1, -0.05) is 6.92 Å². The number of carbonyl (C=O) groups is 1. The van der Waals surface area contributed by atoms with E-state index in [-0.39, 0.29) is 18.4 Å². The van der Waals surface area contributed by atoms with Crippen molar-refractivity contribution in [2.75, 3.05) is 20.2 Å². The summed E-state index contributed by atoms with van der Waals surface area (Å²) in [7, 11) is 1.36. The Morgan fingerprint density at radius 1 is 1.73 bits per heavy atom. The van der Waals surface area contributed by atoms with Crippen molar-refractivity contribution in [1.29, 1.82) is 0 Å². The Bertz CT molecular complexity index is 117. The quantitative estimate of drug-likeness (QED) is 0.531. The Hall–Kier alpha value is -0.610. The third-order valence-corrected chi connectivity index (χ3v) is 1.31. The predicted octanol–water partition coefficient (Wildman–Crippen LogP) is -0.514. The van der Waals surface area contributed by atoms with Crippen LogP contribution in [-0.4, -0.2) is 32.2 Å². The molecule has 4 nitrogen and oxygen atoms in total. The highest BCUT2D eigenvalue weighted by Crippen LogP contribution is 1.88. The number of hydrogen-bond donors (Lipinski definition) is 2. The van der Waals surface area contributed by atoms with Crippen LogP contribution < -0.4 is 11.1 Å². The van der Waals surface area contributed by atoms with E-state index < -0.39 is 0 Å². The van der Waals surface area contributed by atoms with Gasteiger partial charge >= 0.3 is 5.97 Å². The molecule has 0 heterocycles. The molecule has 0 saturated heterocycles. The Kier molecular flexibility index (Phi) is 5.78. The fourth-order valence-electron chi connectivity index (χ4n) is 0.699. The predicted molar refractivity (Wildman–Crippen MR) is 43.2 cm³/mol. The van der Waals surface area contributed by atoms with Gasteiger partial charge in [0.15, 0.2) is 0 Å². The molecular formula is C7H16N2O2. The molecule has 1 atom stereocenters. The lowest BCUT2D eigenvalue weighted by Gasteiger charge is -2.09. The second kappa shape index (κ2) is 6.12. The molecule has 0 spiro atoms. The molecule has 0 rings (SSSR count). The molecule has 0 aliphatic heterocycles. The maximum Gasteiger partial charge on any atom is 0.307 e. The van der Waals surface area contributed by atoms with E-state index in [4.69, 9.17) is 5.73 Å². The van der Waals surface area contributed by atoms with E-state index in [2.05, 4.69) is 10.1 Å². The molecule has 0 saturated carbocycles. The number of nitrogens with one attached hydrogen (secondary N) is 1. The summed E-state index contributed by atoms with van der Waals surface area (Å²) in [5.41, 5.74) is 5.57. The van der Waals surface area contributed by atoms with Crippen LogP contribution in [0.4, 0.5) is 0 Å². The highest BCUT2D eigenvalue weighted by atomic mass is 16.5. The first-order valence-corrected chi connectivity index (χ1v) is 3.73. The SMILES string of the molecule is CCNCC(N)CC(=O)OC. The van der Waals surface area contributed by atoms with Gasteiger partial charge in [0.05, 0.1) is 13.5 Å². The molecule has 3 N–H and O–H groups in total. The van der Waals surface area contributed by atoms with Gasteiger partial charge in [0.1, 0.15) is 0 Å². The monoisotopic (exact) mass is 160 g/mol. The van der Waals surface area contributed by atoms with E-state index in [1.54, 1.807) is 0 Å². The second-order valence-electron chi connectivity index (χ2n) is 2.35. The Morgan fingerprint density at radius 2 is 2.36 bits per heavy atom. The summed E-state index contributed by atoms with van der Waals surface area (Å²) in [5, 5.41) is 3.04. The standard InChI is InChI=1S/C7H16N2O2/c1-3-9-5-6(8)4-7(10)11-2/h6,9H,3-5,8H2,1-2H3. The molecule has 0 aromatic carbocycles. The molecule has 66 valence electrons. The van der Waals surface area contributed by atoms with Crippen LogP contribution in [0.3, 0.4) is 0 Å². The van der Waals surface area contributed by atoms with Crippen LogP contribution in [-0.2, 0) is 9.53 Å². The fraction of sp³-hybridized carbons (Fsp3) is 0.857. The van der Waals surface area contributed by atoms with Gasteiger partial charge in [-0.25, -0.2) is 0 Å². The third-order valence-electron chi connectivity index (χ3n) is 1.31. The van der Waals surface area contributed by atoms with Crippen molar-refractivity contribution < 1.29 is 9.53 Å². The van der Waals surface area contributed by atoms with E-state index in [0.717, 1.165) is 6.54 Å². The minimum atomic E-state index is -0.254. The van der Waals surface area contributed by atoms with E-state index in [9.17, 15) is 4.79 Å². The molecule has 0 aromatic rings. The Balaban J connectivity index is 3.35. The van der Waals surface area contributed by atoms with Crippen molar-refractivity contribution in [2.24, 2.45) is 5.73 Å². The molecule has 0 aliphatic rings. The molecule has 0 radical (unpaired) electrons. The van der Waals surface area contributed by atoms with Crippen LogP contribution in [0.1, 0.15) is 13.3 Å². The van der Waals surface area contributed by atoms with Gasteiger partial charge in [-0.05, 0) is 6.54 Å². The van der Waals surface area contributed by atoms with E-state index in [0.29, 0.717) is 6.54 Å². The molecule has 0 amide bonds. The van der Waals surface area contributed by atoms with Crippen molar-refractivity contribution in [2.45, 2.75) is 19.4 Å². The van der Waals surface area contributed by atoms with Gasteiger partial charge in [-0.3, -0.25) is 4.79 Å². The van der Waals surface area contributed by atoms with Crippen LogP contribution in [0.15, 0.2) is 0 Å². The first-order valence-electron chi connectivity index (χ1n) is 3.73. The second-order valence-corrected chi connectivity index (χ2v) is 2.35. The number of methoxy groups -OCH3 is 1. The lowest BCUT2D eigenvalue weighted by Crippen LogP contribution is -2.35. The average molecular weight is 160 g/mol. The highest BCUT2D eigenvalue weighted by Gasteiger charge is 2.07. The summed E-state index contributed by atoms with van der Waals surface area (Å²) in [5.74, 6) is -0.254. The zero-order valence-corrected chi connectivity index (χ0v) is 7.09. The van der Waals surface area contributed by atoms with Gasteiger partial charge in [-0.2, -0.15) is 0 Å². The third kappa shape index (κ3) is 5.82. The molecule has 0 bridgehead atoms.